The number of ether oxygens (including phenoxy) is 2. The average Bonchev–Trinajstić information content (AvgIpc) is 3.35. The molecule has 3 fully saturated rings. The molecule has 3 heterocycles. The number of halogens is 3. The molecule has 0 bridgehead atoms. The molecule has 0 N–H and O–H groups in total. The molecule has 0 amide bonds. The van der Waals surface area contributed by atoms with E-state index in [4.69, 9.17) is 9.47 Å². The normalized spacial score (nSPS) is 30.1. The summed E-state index contributed by atoms with van der Waals surface area (Å²) in [7, 11) is 0. The lowest BCUT2D eigenvalue weighted by molar-refractivity contribution is -0.139. The van der Waals surface area contributed by atoms with Gasteiger partial charge in [-0.2, -0.15) is 13.2 Å². The van der Waals surface area contributed by atoms with Crippen LogP contribution in [0.1, 0.15) is 60.8 Å². The molecule has 27 heavy (non-hydrogen) atoms. The van der Waals surface area contributed by atoms with Crippen molar-refractivity contribution in [2.45, 2.75) is 50.3 Å². The van der Waals surface area contributed by atoms with Gasteiger partial charge in [0.25, 0.3) is 0 Å². The summed E-state index contributed by atoms with van der Waals surface area (Å²) in [6.45, 7) is 5.07. The van der Waals surface area contributed by atoms with Gasteiger partial charge in [0.1, 0.15) is 0 Å². The van der Waals surface area contributed by atoms with Crippen molar-refractivity contribution in [1.29, 1.82) is 0 Å². The summed E-state index contributed by atoms with van der Waals surface area (Å²) in [5.74, 6) is 0.733. The second-order valence-corrected chi connectivity index (χ2v) is 8.17. The first-order valence-corrected chi connectivity index (χ1v) is 10.1. The Bertz CT molecular complexity index is 637. The van der Waals surface area contributed by atoms with E-state index in [-0.39, 0.29) is 5.92 Å². The van der Waals surface area contributed by atoms with Crippen LogP contribution < -0.4 is 0 Å². The third kappa shape index (κ3) is 4.49. The first-order chi connectivity index (χ1) is 13.0. The fourth-order valence-corrected chi connectivity index (χ4v) is 4.76. The average molecular weight is 383 g/mol. The van der Waals surface area contributed by atoms with Crippen LogP contribution >= 0.6 is 0 Å². The van der Waals surface area contributed by atoms with Crippen LogP contribution in [-0.2, 0) is 15.7 Å². The molecule has 0 aliphatic carbocycles. The van der Waals surface area contributed by atoms with Crippen LogP contribution in [-0.4, -0.2) is 44.4 Å². The zero-order chi connectivity index (χ0) is 18.9. The first kappa shape index (κ1) is 19.2. The number of rotatable bonds is 4. The maximum absolute atomic E-state index is 13.7. The Hall–Kier alpha value is -1.11. The van der Waals surface area contributed by atoms with Crippen LogP contribution in [0.3, 0.4) is 0 Å². The van der Waals surface area contributed by atoms with Crippen molar-refractivity contribution in [3.63, 3.8) is 0 Å². The zero-order valence-electron chi connectivity index (χ0n) is 15.6. The summed E-state index contributed by atoms with van der Waals surface area (Å²) in [4.78, 5) is 2.41. The van der Waals surface area contributed by atoms with Gasteiger partial charge in [-0.05, 0) is 67.7 Å². The molecule has 0 radical (unpaired) electrons. The molecule has 150 valence electrons. The van der Waals surface area contributed by atoms with Gasteiger partial charge in [-0.3, -0.25) is 0 Å². The van der Waals surface area contributed by atoms with E-state index in [2.05, 4.69) is 4.90 Å². The van der Waals surface area contributed by atoms with Gasteiger partial charge >= 0.3 is 6.18 Å². The van der Waals surface area contributed by atoms with Gasteiger partial charge in [0.2, 0.25) is 0 Å². The van der Waals surface area contributed by atoms with Crippen LogP contribution in [0.25, 0.3) is 0 Å². The second kappa shape index (κ2) is 8.10. The van der Waals surface area contributed by atoms with E-state index in [1.165, 1.54) is 6.07 Å². The van der Waals surface area contributed by atoms with Crippen molar-refractivity contribution in [3.05, 3.63) is 34.9 Å². The number of alkyl halides is 3. The lowest BCUT2D eigenvalue weighted by Gasteiger charge is -2.34. The lowest BCUT2D eigenvalue weighted by Crippen LogP contribution is -2.38. The molecule has 3 aliphatic rings. The third-order valence-electron chi connectivity index (χ3n) is 6.18. The number of benzene rings is 1. The van der Waals surface area contributed by atoms with Gasteiger partial charge in [-0.1, -0.05) is 12.1 Å². The number of likely N-dealkylation sites (tertiary alicyclic amines) is 1. The van der Waals surface area contributed by atoms with Crippen molar-refractivity contribution in [1.82, 2.24) is 4.90 Å². The van der Waals surface area contributed by atoms with Gasteiger partial charge < -0.3 is 14.4 Å². The Morgan fingerprint density at radius 1 is 1.07 bits per heavy atom. The molecule has 2 unspecified atom stereocenters. The summed E-state index contributed by atoms with van der Waals surface area (Å²) >= 11 is 0. The zero-order valence-corrected chi connectivity index (χ0v) is 15.6. The Morgan fingerprint density at radius 3 is 2.67 bits per heavy atom. The molecular formula is C21H28F3NO2. The minimum Gasteiger partial charge on any atom is -0.381 e. The van der Waals surface area contributed by atoms with Gasteiger partial charge in [0.15, 0.2) is 0 Å². The number of hydrogen-bond donors (Lipinski definition) is 0. The molecule has 4 rings (SSSR count). The number of hydrogen-bond acceptors (Lipinski definition) is 3. The SMILES string of the molecule is FC(F)(F)c1cc([C@@H]2CCCN(CC3CCOC3)C2)ccc1C1CCCO1. The van der Waals surface area contributed by atoms with E-state index in [1.807, 2.05) is 6.07 Å². The van der Waals surface area contributed by atoms with Gasteiger partial charge in [-0.15, -0.1) is 0 Å². The smallest absolute Gasteiger partial charge is 0.381 e. The van der Waals surface area contributed by atoms with Crippen molar-refractivity contribution in [3.8, 4) is 0 Å². The lowest BCUT2D eigenvalue weighted by atomic mass is 9.87. The molecule has 1 aromatic carbocycles. The Morgan fingerprint density at radius 2 is 1.96 bits per heavy atom. The predicted molar refractivity (Wildman–Crippen MR) is 96.7 cm³/mol. The minimum atomic E-state index is -4.34. The van der Waals surface area contributed by atoms with Crippen molar-refractivity contribution in [2.75, 3.05) is 39.5 Å². The molecule has 0 spiro atoms. The highest BCUT2D eigenvalue weighted by Crippen LogP contribution is 2.41. The van der Waals surface area contributed by atoms with E-state index < -0.39 is 17.8 Å². The second-order valence-electron chi connectivity index (χ2n) is 8.17. The Kier molecular flexibility index (Phi) is 5.76. The van der Waals surface area contributed by atoms with Crippen LogP contribution in [0, 0.1) is 5.92 Å². The molecule has 1 aromatic rings. The molecule has 6 heteroatoms. The third-order valence-corrected chi connectivity index (χ3v) is 6.18. The highest BCUT2D eigenvalue weighted by atomic mass is 19.4. The summed E-state index contributed by atoms with van der Waals surface area (Å²) in [6.07, 6.45) is -0.181. The number of nitrogens with zero attached hydrogens (tertiary/aromatic N) is 1. The maximum atomic E-state index is 13.7. The molecule has 0 aromatic heterocycles. The fraction of sp³-hybridized carbons (Fsp3) is 0.714. The first-order valence-electron chi connectivity index (χ1n) is 10.1. The van der Waals surface area contributed by atoms with E-state index in [9.17, 15) is 13.2 Å². The van der Waals surface area contributed by atoms with Crippen molar-refractivity contribution in [2.24, 2.45) is 5.92 Å². The topological polar surface area (TPSA) is 21.7 Å². The van der Waals surface area contributed by atoms with Crippen LogP contribution in [0.15, 0.2) is 18.2 Å². The van der Waals surface area contributed by atoms with Gasteiger partial charge in [0, 0.05) is 26.3 Å². The molecule has 3 saturated heterocycles. The quantitative estimate of drug-likeness (QED) is 0.747. The van der Waals surface area contributed by atoms with E-state index in [0.29, 0.717) is 24.5 Å². The Balaban J connectivity index is 1.52. The molecular weight excluding hydrogens is 355 g/mol. The summed E-state index contributed by atoms with van der Waals surface area (Å²) in [5, 5.41) is 0. The van der Waals surface area contributed by atoms with E-state index in [0.717, 1.165) is 64.1 Å². The summed E-state index contributed by atoms with van der Waals surface area (Å²) in [6, 6.07) is 4.96. The standard InChI is InChI=1S/C21H28F3NO2/c22-21(23,24)19-11-16(5-6-18(19)20-4-2-9-27-20)17-3-1-8-25(13-17)12-15-7-10-26-14-15/h5-6,11,15,17,20H,1-4,7-10,12-14H2/t15?,17-,20?/m1/s1. The fourth-order valence-electron chi connectivity index (χ4n) is 4.76. The summed E-state index contributed by atoms with van der Waals surface area (Å²) < 4.78 is 52.1. The van der Waals surface area contributed by atoms with E-state index >= 15 is 0 Å². The molecule has 3 aliphatic heterocycles. The predicted octanol–water partition coefficient (Wildman–Crippen LogP) is 4.77. The largest absolute Gasteiger partial charge is 0.416 e. The maximum Gasteiger partial charge on any atom is 0.416 e. The van der Waals surface area contributed by atoms with Crippen LogP contribution in [0.5, 0.6) is 0 Å². The summed E-state index contributed by atoms with van der Waals surface area (Å²) in [5.41, 5.74) is 0.615. The van der Waals surface area contributed by atoms with Gasteiger partial charge in [-0.25, -0.2) is 0 Å². The van der Waals surface area contributed by atoms with Gasteiger partial charge in [0.05, 0.1) is 18.3 Å². The van der Waals surface area contributed by atoms with E-state index in [1.54, 1.807) is 6.07 Å². The minimum absolute atomic E-state index is 0.167. The Labute approximate surface area is 158 Å². The molecule has 3 atom stereocenters. The van der Waals surface area contributed by atoms with Crippen molar-refractivity contribution >= 4 is 0 Å². The monoisotopic (exact) mass is 383 g/mol. The van der Waals surface area contributed by atoms with Crippen molar-refractivity contribution < 1.29 is 22.6 Å². The van der Waals surface area contributed by atoms with Crippen LogP contribution in [0.4, 0.5) is 13.2 Å². The number of piperidine rings is 1. The molecule has 3 nitrogen and oxygen atoms in total. The van der Waals surface area contributed by atoms with Crippen LogP contribution in [0.2, 0.25) is 0 Å². The molecule has 0 saturated carbocycles. The highest BCUT2D eigenvalue weighted by molar-refractivity contribution is 5.38. The highest BCUT2D eigenvalue weighted by Gasteiger charge is 2.37.